The monoisotopic (exact) mass is 615 g/mol. The summed E-state index contributed by atoms with van der Waals surface area (Å²) in [5.74, 6) is -1.12. The minimum atomic E-state index is -5.72. The molecule has 1 aromatic rings. The van der Waals surface area contributed by atoms with Crippen molar-refractivity contribution >= 4 is 33.0 Å². The highest BCUT2D eigenvalue weighted by atomic mass is 32.2. The highest BCUT2D eigenvalue weighted by Crippen LogP contribution is 2.49. The molecule has 224 valence electrons. The van der Waals surface area contributed by atoms with Crippen molar-refractivity contribution in [1.29, 1.82) is 0 Å². The van der Waals surface area contributed by atoms with E-state index in [1.54, 1.807) is 0 Å². The van der Waals surface area contributed by atoms with Crippen LogP contribution >= 0.6 is 0 Å². The van der Waals surface area contributed by atoms with Gasteiger partial charge in [-0.1, -0.05) is 62.3 Å². The van der Waals surface area contributed by atoms with Crippen LogP contribution in [0.4, 0.5) is 19.0 Å². The smallest absolute Gasteiger partial charge is 0.414 e. The number of hydrogen-bond donors (Lipinski definition) is 1. The SMILES string of the molecule is CC1[C@H]2O[Si](C(C)C)(C(C)C)O[Si](C(C)C)(C(C)C)OC[C@H]2O[C@H]1n1ccc(NS(=O)(=O)C(F)(F)F)nc1=O. The largest absolute Gasteiger partial charge is 0.516 e. The quantitative estimate of drug-likeness (QED) is 0.426. The summed E-state index contributed by atoms with van der Waals surface area (Å²) in [5.41, 5.74) is -6.08. The van der Waals surface area contributed by atoms with Crippen molar-refractivity contribution in [3.05, 3.63) is 22.7 Å². The van der Waals surface area contributed by atoms with Crippen LogP contribution in [0.2, 0.25) is 22.2 Å². The summed E-state index contributed by atoms with van der Waals surface area (Å²) in [4.78, 5) is 16.4. The summed E-state index contributed by atoms with van der Waals surface area (Å²) in [6, 6.07) is 0.985. The number of sulfonamides is 1. The molecule has 39 heavy (non-hydrogen) atoms. The van der Waals surface area contributed by atoms with Crippen molar-refractivity contribution in [1.82, 2.24) is 9.55 Å². The van der Waals surface area contributed by atoms with Gasteiger partial charge in [-0.2, -0.15) is 26.6 Å². The standard InChI is InChI=1S/C23H40F3N3O7SSi2/c1-13(2)38(14(3)4)33-12-18-20(35-39(36-38,15(5)6)16(7)8)17(9)21(34-18)29-11-10-19(27-22(29)30)28-37(31,32)23(24,25)26/h10-11,13-18,20-21H,12H2,1-9H3,(H,27,28,30)/t17?,18-,20-,21-/m1/s1. The maximum Gasteiger partial charge on any atom is 0.516 e. The Labute approximate surface area is 230 Å². The van der Waals surface area contributed by atoms with E-state index in [9.17, 15) is 26.4 Å². The number of anilines is 1. The van der Waals surface area contributed by atoms with E-state index < -0.39 is 62.6 Å². The van der Waals surface area contributed by atoms with Crippen LogP contribution in [0.5, 0.6) is 0 Å². The van der Waals surface area contributed by atoms with Crippen molar-refractivity contribution in [2.45, 2.75) is 108 Å². The first kappa shape index (κ1) is 32.2. The second-order valence-electron chi connectivity index (χ2n) is 11.5. The van der Waals surface area contributed by atoms with Gasteiger partial charge in [-0.3, -0.25) is 9.29 Å². The van der Waals surface area contributed by atoms with E-state index in [4.69, 9.17) is 17.7 Å². The van der Waals surface area contributed by atoms with E-state index in [0.717, 1.165) is 16.8 Å². The second kappa shape index (κ2) is 11.2. The fourth-order valence-corrected chi connectivity index (χ4v) is 17.3. The van der Waals surface area contributed by atoms with Gasteiger partial charge in [0.1, 0.15) is 18.1 Å². The average Bonchev–Trinajstić information content (AvgIpc) is 3.06. The maximum atomic E-state index is 12.8. The molecule has 0 radical (unpaired) electrons. The number of aromatic nitrogens is 2. The molecule has 3 rings (SSSR count). The lowest BCUT2D eigenvalue weighted by Crippen LogP contribution is -2.65. The number of rotatable bonds is 7. The molecule has 2 fully saturated rings. The van der Waals surface area contributed by atoms with Gasteiger partial charge in [0, 0.05) is 12.1 Å². The molecule has 1 aromatic heterocycles. The minimum Gasteiger partial charge on any atom is -0.414 e. The molecule has 0 spiro atoms. The number of hydrogen-bond acceptors (Lipinski definition) is 8. The van der Waals surface area contributed by atoms with Gasteiger partial charge in [0.05, 0.1) is 12.7 Å². The van der Waals surface area contributed by atoms with Gasteiger partial charge in [-0.15, -0.1) is 0 Å². The van der Waals surface area contributed by atoms with Crippen LogP contribution in [0.15, 0.2) is 17.1 Å². The fraction of sp³-hybridized carbons (Fsp3) is 0.826. The number of nitrogens with zero attached hydrogens (tertiary/aromatic N) is 2. The molecule has 4 atom stereocenters. The lowest BCUT2D eigenvalue weighted by atomic mass is 10.0. The summed E-state index contributed by atoms with van der Waals surface area (Å²) in [5, 5.41) is 0. The average molecular weight is 616 g/mol. The van der Waals surface area contributed by atoms with E-state index in [1.165, 1.54) is 4.72 Å². The summed E-state index contributed by atoms with van der Waals surface area (Å²) in [6.07, 6.45) is -0.709. The van der Waals surface area contributed by atoms with Crippen LogP contribution in [0.3, 0.4) is 0 Å². The van der Waals surface area contributed by atoms with E-state index in [0.29, 0.717) is 0 Å². The molecule has 0 bridgehead atoms. The Hall–Kier alpha value is -1.31. The third-order valence-corrected chi connectivity index (χ3v) is 19.0. The van der Waals surface area contributed by atoms with Crippen molar-refractivity contribution in [3.63, 3.8) is 0 Å². The summed E-state index contributed by atoms with van der Waals surface area (Å²) < 4.78 is 90.7. The fourth-order valence-electron chi connectivity index (χ4n) is 5.51. The number of ether oxygens (including phenoxy) is 1. The zero-order chi connectivity index (χ0) is 29.7. The van der Waals surface area contributed by atoms with E-state index in [-0.39, 0.29) is 34.7 Å². The number of fused-ring (bicyclic) bond motifs is 1. The van der Waals surface area contributed by atoms with Crippen LogP contribution in [-0.4, -0.2) is 59.4 Å². The van der Waals surface area contributed by atoms with Gasteiger partial charge < -0.3 is 17.7 Å². The normalized spacial score (nSPS) is 27.6. The van der Waals surface area contributed by atoms with Crippen LogP contribution in [0.1, 0.15) is 68.5 Å². The Balaban J connectivity index is 2.00. The maximum absolute atomic E-state index is 12.8. The molecular weight excluding hydrogens is 576 g/mol. The van der Waals surface area contributed by atoms with Gasteiger partial charge in [0.15, 0.2) is 0 Å². The molecule has 0 saturated carbocycles. The Morgan fingerprint density at radius 3 is 2.03 bits per heavy atom. The van der Waals surface area contributed by atoms with Crippen molar-refractivity contribution in [2.24, 2.45) is 5.92 Å². The van der Waals surface area contributed by atoms with Gasteiger partial charge in [-0.05, 0) is 28.2 Å². The minimum absolute atomic E-state index is 0.0841. The molecule has 3 heterocycles. The van der Waals surface area contributed by atoms with Crippen molar-refractivity contribution in [3.8, 4) is 0 Å². The second-order valence-corrected chi connectivity index (χ2v) is 22.1. The van der Waals surface area contributed by atoms with E-state index in [1.807, 2.05) is 6.92 Å². The number of nitrogens with one attached hydrogen (secondary N) is 1. The first-order valence-corrected chi connectivity index (χ1v) is 18.6. The third kappa shape index (κ3) is 5.88. The Bertz CT molecular complexity index is 1180. The zero-order valence-corrected chi connectivity index (χ0v) is 26.6. The molecule has 0 amide bonds. The van der Waals surface area contributed by atoms with Crippen molar-refractivity contribution < 1.29 is 39.3 Å². The molecule has 16 heteroatoms. The predicted molar refractivity (Wildman–Crippen MR) is 144 cm³/mol. The predicted octanol–water partition coefficient (Wildman–Crippen LogP) is 4.99. The van der Waals surface area contributed by atoms with Gasteiger partial charge in [0.25, 0.3) is 0 Å². The van der Waals surface area contributed by atoms with Gasteiger partial charge >= 0.3 is 38.3 Å². The Morgan fingerprint density at radius 1 is 1.03 bits per heavy atom. The topological polar surface area (TPSA) is 118 Å². The van der Waals surface area contributed by atoms with E-state index in [2.05, 4.69) is 60.4 Å². The van der Waals surface area contributed by atoms with Crippen molar-refractivity contribution in [2.75, 3.05) is 11.3 Å². The summed E-state index contributed by atoms with van der Waals surface area (Å²) >= 11 is 0. The molecule has 0 aromatic carbocycles. The molecule has 2 saturated heterocycles. The van der Waals surface area contributed by atoms with Gasteiger partial charge in [-0.25, -0.2) is 4.79 Å². The lowest BCUT2D eigenvalue weighted by Gasteiger charge is -2.51. The molecular formula is C23H40F3N3O7SSi2. The summed E-state index contributed by atoms with van der Waals surface area (Å²) in [7, 11) is -11.5. The Kier molecular flexibility index (Phi) is 9.23. The lowest BCUT2D eigenvalue weighted by molar-refractivity contribution is -0.0572. The van der Waals surface area contributed by atoms with Crippen LogP contribution in [0, 0.1) is 5.92 Å². The number of halogens is 3. The van der Waals surface area contributed by atoms with E-state index >= 15 is 0 Å². The zero-order valence-electron chi connectivity index (χ0n) is 23.8. The van der Waals surface area contributed by atoms with Gasteiger partial charge in [0.2, 0.25) is 0 Å². The molecule has 1 N–H and O–H groups in total. The Morgan fingerprint density at radius 2 is 1.56 bits per heavy atom. The van der Waals surface area contributed by atoms with Crippen LogP contribution in [0.25, 0.3) is 0 Å². The molecule has 2 aliphatic rings. The third-order valence-electron chi connectivity index (χ3n) is 7.63. The molecule has 0 aliphatic carbocycles. The van der Waals surface area contributed by atoms with Crippen LogP contribution in [-0.2, 0) is 27.7 Å². The first-order chi connectivity index (χ1) is 17.8. The molecule has 2 aliphatic heterocycles. The highest BCUT2D eigenvalue weighted by molar-refractivity contribution is 7.93. The highest BCUT2D eigenvalue weighted by Gasteiger charge is 2.61. The molecule has 1 unspecified atom stereocenters. The summed E-state index contributed by atoms with van der Waals surface area (Å²) in [6.45, 7) is 18.8. The van der Waals surface area contributed by atoms with Crippen LogP contribution < -0.4 is 10.4 Å². The number of alkyl halides is 3. The first-order valence-electron chi connectivity index (χ1n) is 13.1. The molecule has 10 nitrogen and oxygen atoms in total.